The van der Waals surface area contributed by atoms with Crippen LogP contribution in [0, 0.1) is 6.92 Å². The Labute approximate surface area is 112 Å². The lowest BCUT2D eigenvalue weighted by atomic mass is 10.2. The van der Waals surface area contributed by atoms with Crippen molar-refractivity contribution in [1.29, 1.82) is 0 Å². The molecule has 1 aromatic rings. The minimum absolute atomic E-state index is 0.250. The van der Waals surface area contributed by atoms with E-state index in [4.69, 9.17) is 3.63 Å². The Kier molecular flexibility index (Phi) is 5.25. The van der Waals surface area contributed by atoms with E-state index < -0.39 is 20.4 Å². The molecule has 0 unspecified atom stereocenters. The van der Waals surface area contributed by atoms with Gasteiger partial charge in [-0.25, -0.2) is 3.63 Å². The molecule has 0 atom stereocenters. The average molecular weight is 290 g/mol. The Morgan fingerprint density at radius 1 is 0.944 bits per heavy atom. The van der Waals surface area contributed by atoms with Crippen LogP contribution in [0.15, 0.2) is 29.2 Å². The molecule has 0 N–H and O–H groups in total. The fourth-order valence-corrected chi connectivity index (χ4v) is 6.37. The molecule has 104 valence electrons. The van der Waals surface area contributed by atoms with Crippen LogP contribution in [-0.2, 0) is 13.7 Å². The van der Waals surface area contributed by atoms with E-state index in [9.17, 15) is 8.42 Å². The lowest BCUT2D eigenvalue weighted by Gasteiger charge is -2.35. The first kappa shape index (κ1) is 15.5. The van der Waals surface area contributed by atoms with Gasteiger partial charge in [0.1, 0.15) is 0 Å². The maximum atomic E-state index is 12.2. The van der Waals surface area contributed by atoms with Crippen molar-refractivity contribution in [2.24, 2.45) is 0 Å². The van der Waals surface area contributed by atoms with E-state index in [0.29, 0.717) is 0 Å². The van der Waals surface area contributed by atoms with Crippen molar-refractivity contribution in [2.75, 3.05) is 17.3 Å². The molecule has 0 aliphatic rings. The zero-order valence-corrected chi connectivity index (χ0v) is 13.1. The first-order valence-electron chi connectivity index (χ1n) is 6.18. The van der Waals surface area contributed by atoms with E-state index in [0.717, 1.165) is 22.8 Å². The molecule has 0 aliphatic carbocycles. The van der Waals surface area contributed by atoms with Gasteiger partial charge in [0.05, 0.1) is 4.90 Å². The summed E-state index contributed by atoms with van der Waals surface area (Å²) >= 11 is 0. The number of rotatable bonds is 6. The van der Waals surface area contributed by atoms with Crippen LogP contribution in [0.3, 0.4) is 0 Å². The summed E-state index contributed by atoms with van der Waals surface area (Å²) in [6, 6.07) is 6.79. The first-order chi connectivity index (χ1) is 8.39. The van der Waals surface area contributed by atoms with E-state index in [-0.39, 0.29) is 4.90 Å². The summed E-state index contributed by atoms with van der Waals surface area (Å²) in [5.41, 5.74) is 1.04. The molecule has 0 fully saturated rings. The van der Waals surface area contributed by atoms with Gasteiger partial charge in [0.25, 0.3) is 0 Å². The fraction of sp³-hybridized carbons (Fsp3) is 0.538. The molecule has 0 amide bonds. The van der Waals surface area contributed by atoms with Gasteiger partial charge in [0.15, 0.2) is 0 Å². The van der Waals surface area contributed by atoms with Crippen LogP contribution in [0.5, 0.6) is 0 Å². The molecule has 0 bridgehead atoms. The van der Waals surface area contributed by atoms with E-state index in [1.807, 2.05) is 27.7 Å². The summed E-state index contributed by atoms with van der Waals surface area (Å²) in [6.07, 6.45) is 0. The van der Waals surface area contributed by atoms with Crippen LogP contribution in [-0.4, -0.2) is 25.7 Å². The van der Waals surface area contributed by atoms with Gasteiger partial charge in [-0.1, -0.05) is 38.5 Å². The highest BCUT2D eigenvalue weighted by molar-refractivity contribution is 8.32. The number of hydrogen-bond donors (Lipinski definition) is 0. The van der Waals surface area contributed by atoms with Crippen LogP contribution in [0.1, 0.15) is 26.3 Å². The van der Waals surface area contributed by atoms with Gasteiger partial charge in [0.2, 0.25) is 0 Å². The van der Waals surface area contributed by atoms with Crippen LogP contribution in [0.4, 0.5) is 0 Å². The number of benzene rings is 1. The molecule has 3 nitrogen and oxygen atoms in total. The number of aryl methyl sites for hydroxylation is 1. The highest BCUT2D eigenvalue weighted by atomic mass is 32.3. The third-order valence-electron chi connectivity index (χ3n) is 3.12. The van der Waals surface area contributed by atoms with E-state index in [2.05, 4.69) is 0 Å². The van der Waals surface area contributed by atoms with Gasteiger partial charge < -0.3 is 0 Å². The van der Waals surface area contributed by atoms with Crippen LogP contribution in [0.2, 0.25) is 0 Å². The first-order valence-corrected chi connectivity index (χ1v) is 9.65. The van der Waals surface area contributed by atoms with Crippen LogP contribution in [0.25, 0.3) is 0 Å². The maximum Gasteiger partial charge on any atom is 0.306 e. The summed E-state index contributed by atoms with van der Waals surface area (Å²) in [5.74, 6) is 2.31. The molecular formula is C13H22O3S2. The second kappa shape index (κ2) is 6.08. The molecule has 0 saturated carbocycles. The Morgan fingerprint density at radius 2 is 1.39 bits per heavy atom. The molecule has 0 aromatic heterocycles. The van der Waals surface area contributed by atoms with Crippen molar-refractivity contribution in [3.05, 3.63) is 29.8 Å². The summed E-state index contributed by atoms with van der Waals surface area (Å²) < 4.78 is 30.0. The predicted molar refractivity (Wildman–Crippen MR) is 78.7 cm³/mol. The molecular weight excluding hydrogens is 268 g/mol. The normalized spacial score (nSPS) is 13.6. The molecule has 5 heteroatoms. The monoisotopic (exact) mass is 290 g/mol. The van der Waals surface area contributed by atoms with Crippen molar-refractivity contribution in [2.45, 2.75) is 32.6 Å². The third-order valence-corrected chi connectivity index (χ3v) is 9.00. The van der Waals surface area contributed by atoms with Gasteiger partial charge in [-0.05, 0) is 36.3 Å². The Bertz CT molecular complexity index is 465. The van der Waals surface area contributed by atoms with Crippen LogP contribution >= 0.6 is 10.3 Å². The van der Waals surface area contributed by atoms with Gasteiger partial charge in [-0.15, -0.1) is 10.3 Å². The quantitative estimate of drug-likeness (QED) is 0.805. The average Bonchev–Trinajstić information content (AvgIpc) is 2.37. The van der Waals surface area contributed by atoms with Crippen molar-refractivity contribution in [3.63, 3.8) is 0 Å². The summed E-state index contributed by atoms with van der Waals surface area (Å²) in [4.78, 5) is 0.250. The molecule has 0 heterocycles. The molecule has 0 radical (unpaired) electrons. The SMILES string of the molecule is CCS(CC)(CC)OS(=O)(=O)c1ccc(C)cc1. The highest BCUT2D eigenvalue weighted by Crippen LogP contribution is 2.50. The Morgan fingerprint density at radius 3 is 1.78 bits per heavy atom. The Balaban J connectivity index is 3.04. The van der Waals surface area contributed by atoms with E-state index >= 15 is 0 Å². The highest BCUT2D eigenvalue weighted by Gasteiger charge is 2.27. The third kappa shape index (κ3) is 3.49. The van der Waals surface area contributed by atoms with Gasteiger partial charge in [-0.2, -0.15) is 8.42 Å². The lowest BCUT2D eigenvalue weighted by molar-refractivity contribution is 0.509. The molecule has 1 rings (SSSR count). The van der Waals surface area contributed by atoms with Gasteiger partial charge in [-0.3, -0.25) is 0 Å². The van der Waals surface area contributed by atoms with Crippen molar-refractivity contribution in [3.8, 4) is 0 Å². The maximum absolute atomic E-state index is 12.2. The molecule has 0 aliphatic heterocycles. The molecule has 18 heavy (non-hydrogen) atoms. The summed E-state index contributed by atoms with van der Waals surface area (Å²) in [6.45, 7) is 7.91. The molecule has 0 spiro atoms. The fourth-order valence-electron chi connectivity index (χ4n) is 1.69. The standard InChI is InChI=1S/C13H22O3S2/c1-5-17(6-2,7-3)16-18(14,15)13-10-8-12(4)9-11-13/h8-11H,5-7H2,1-4H3. The lowest BCUT2D eigenvalue weighted by Crippen LogP contribution is -2.17. The van der Waals surface area contributed by atoms with Gasteiger partial charge >= 0.3 is 10.1 Å². The second-order valence-electron chi connectivity index (χ2n) is 4.17. The zero-order chi connectivity index (χ0) is 13.8. The second-order valence-corrected chi connectivity index (χ2v) is 9.76. The minimum atomic E-state index is -3.63. The van der Waals surface area contributed by atoms with Crippen molar-refractivity contribution >= 4 is 20.4 Å². The minimum Gasteiger partial charge on any atom is -0.216 e. The van der Waals surface area contributed by atoms with Crippen molar-refractivity contribution in [1.82, 2.24) is 0 Å². The summed E-state index contributed by atoms with van der Waals surface area (Å²) in [5, 5.41) is 0. The van der Waals surface area contributed by atoms with Gasteiger partial charge in [0, 0.05) is 0 Å². The Hall–Kier alpha value is -0.520. The zero-order valence-electron chi connectivity index (χ0n) is 11.5. The topological polar surface area (TPSA) is 43.4 Å². The summed E-state index contributed by atoms with van der Waals surface area (Å²) in [7, 11) is -5.15. The smallest absolute Gasteiger partial charge is 0.216 e. The molecule has 0 saturated heterocycles. The van der Waals surface area contributed by atoms with Crippen LogP contribution < -0.4 is 0 Å². The van der Waals surface area contributed by atoms with E-state index in [1.54, 1.807) is 24.3 Å². The van der Waals surface area contributed by atoms with Crippen molar-refractivity contribution < 1.29 is 12.0 Å². The largest absolute Gasteiger partial charge is 0.306 e. The molecule has 1 aromatic carbocycles. The van der Waals surface area contributed by atoms with E-state index in [1.165, 1.54) is 0 Å². The predicted octanol–water partition coefficient (Wildman–Crippen LogP) is 3.48. The number of hydrogen-bond acceptors (Lipinski definition) is 3.